The number of fused-ring (bicyclic) bond motifs is 1. The fourth-order valence-electron chi connectivity index (χ4n) is 4.47. The van der Waals surface area contributed by atoms with E-state index >= 15 is 0 Å². The third-order valence-electron chi connectivity index (χ3n) is 6.41. The lowest BCUT2D eigenvalue weighted by Crippen LogP contribution is -2.44. The smallest absolute Gasteiger partial charge is 0.243 e. The van der Waals surface area contributed by atoms with E-state index in [4.69, 9.17) is 0 Å². The Labute approximate surface area is 197 Å². The van der Waals surface area contributed by atoms with E-state index in [-0.39, 0.29) is 31.2 Å². The topological polar surface area (TPSA) is 95.6 Å². The van der Waals surface area contributed by atoms with Crippen LogP contribution in [-0.4, -0.2) is 44.2 Å². The fraction of sp³-hybridized carbons (Fsp3) is 0.417. The van der Waals surface area contributed by atoms with Gasteiger partial charge < -0.3 is 10.6 Å². The quantitative estimate of drug-likeness (QED) is 0.650. The SMILES string of the molecule is O=C(CNC(=O)C1CCN(S(=O)(=O)c2ccc3c(c2)CCCC3)CC1)Nc1ccc(F)c(F)c1. The molecule has 2 aliphatic rings. The molecule has 0 aromatic heterocycles. The van der Waals surface area contributed by atoms with Crippen LogP contribution < -0.4 is 10.6 Å². The molecule has 2 amide bonds. The van der Waals surface area contributed by atoms with Crippen LogP contribution in [0.4, 0.5) is 14.5 Å². The molecular formula is C24H27F2N3O4S. The number of aryl methyl sites for hydroxylation is 2. The minimum atomic E-state index is -3.63. The highest BCUT2D eigenvalue weighted by Gasteiger charge is 2.32. The highest BCUT2D eigenvalue weighted by molar-refractivity contribution is 7.89. The molecule has 4 rings (SSSR count). The summed E-state index contributed by atoms with van der Waals surface area (Å²) in [6.45, 7) is 0.114. The van der Waals surface area contributed by atoms with E-state index in [1.807, 2.05) is 6.07 Å². The maximum atomic E-state index is 13.2. The molecule has 1 aliphatic heterocycles. The number of carbonyl (C=O) groups excluding carboxylic acids is 2. The highest BCUT2D eigenvalue weighted by Crippen LogP contribution is 2.28. The van der Waals surface area contributed by atoms with Gasteiger partial charge >= 0.3 is 0 Å². The van der Waals surface area contributed by atoms with Crippen molar-refractivity contribution in [1.29, 1.82) is 0 Å². The largest absolute Gasteiger partial charge is 0.347 e. The van der Waals surface area contributed by atoms with Gasteiger partial charge in [0.25, 0.3) is 0 Å². The third kappa shape index (κ3) is 5.44. The Balaban J connectivity index is 1.27. The van der Waals surface area contributed by atoms with Gasteiger partial charge in [0.05, 0.1) is 11.4 Å². The van der Waals surface area contributed by atoms with E-state index in [9.17, 15) is 26.8 Å². The number of carbonyl (C=O) groups is 2. The van der Waals surface area contributed by atoms with Crippen LogP contribution in [0.2, 0.25) is 0 Å². The van der Waals surface area contributed by atoms with Crippen LogP contribution in [0.15, 0.2) is 41.3 Å². The van der Waals surface area contributed by atoms with Crippen LogP contribution >= 0.6 is 0 Å². The molecule has 0 radical (unpaired) electrons. The first-order chi connectivity index (χ1) is 16.2. The van der Waals surface area contributed by atoms with Crippen molar-refractivity contribution in [2.24, 2.45) is 5.92 Å². The second-order valence-electron chi connectivity index (χ2n) is 8.71. The van der Waals surface area contributed by atoms with E-state index < -0.39 is 33.5 Å². The molecule has 0 saturated carbocycles. The lowest BCUT2D eigenvalue weighted by Gasteiger charge is -2.31. The Hall–Kier alpha value is -2.85. The molecule has 2 aromatic carbocycles. The molecule has 7 nitrogen and oxygen atoms in total. The van der Waals surface area contributed by atoms with Gasteiger partial charge in [0, 0.05) is 30.8 Å². The van der Waals surface area contributed by atoms with Crippen molar-refractivity contribution in [3.63, 3.8) is 0 Å². The number of nitrogens with zero attached hydrogens (tertiary/aromatic N) is 1. The van der Waals surface area contributed by atoms with Crippen molar-refractivity contribution in [3.05, 3.63) is 59.2 Å². The zero-order valence-electron chi connectivity index (χ0n) is 18.6. The van der Waals surface area contributed by atoms with Gasteiger partial charge in [-0.2, -0.15) is 4.31 Å². The van der Waals surface area contributed by atoms with Gasteiger partial charge in [0.15, 0.2) is 11.6 Å². The van der Waals surface area contributed by atoms with Crippen molar-refractivity contribution < 1.29 is 26.8 Å². The molecule has 1 saturated heterocycles. The van der Waals surface area contributed by atoms with Crippen molar-refractivity contribution in [2.45, 2.75) is 43.4 Å². The maximum Gasteiger partial charge on any atom is 0.243 e. The zero-order chi connectivity index (χ0) is 24.3. The standard InChI is InChI=1S/C24H27F2N3O4S/c25-21-8-6-19(14-22(21)26)28-23(30)15-27-24(31)17-9-11-29(12-10-17)34(32,33)20-7-5-16-3-1-2-4-18(16)13-20/h5-8,13-14,17H,1-4,9-12,15H2,(H,27,31)(H,28,30). The van der Waals surface area contributed by atoms with Crippen LogP contribution in [0.25, 0.3) is 0 Å². The molecule has 0 atom stereocenters. The van der Waals surface area contributed by atoms with Crippen LogP contribution in [-0.2, 0) is 32.5 Å². The average molecular weight is 492 g/mol. The van der Waals surface area contributed by atoms with Gasteiger partial charge in [0.2, 0.25) is 21.8 Å². The van der Waals surface area contributed by atoms with Crippen LogP contribution in [0.3, 0.4) is 0 Å². The first-order valence-corrected chi connectivity index (χ1v) is 12.8. The third-order valence-corrected chi connectivity index (χ3v) is 8.30. The van der Waals surface area contributed by atoms with Crippen LogP contribution in [0.5, 0.6) is 0 Å². The molecular weight excluding hydrogens is 464 g/mol. The van der Waals surface area contributed by atoms with Crippen LogP contribution in [0.1, 0.15) is 36.8 Å². The Morgan fingerprint density at radius 3 is 2.35 bits per heavy atom. The van der Waals surface area contributed by atoms with E-state index in [2.05, 4.69) is 10.6 Å². The number of hydrogen-bond donors (Lipinski definition) is 2. The molecule has 1 fully saturated rings. The summed E-state index contributed by atoms with van der Waals surface area (Å²) < 4.78 is 53.8. The summed E-state index contributed by atoms with van der Waals surface area (Å²) in [5, 5.41) is 4.92. The minimum absolute atomic E-state index is 0.0823. The summed E-state index contributed by atoms with van der Waals surface area (Å²) >= 11 is 0. The first kappa shape index (κ1) is 24.3. The van der Waals surface area contributed by atoms with Crippen molar-refractivity contribution in [2.75, 3.05) is 25.0 Å². The number of amides is 2. The molecule has 34 heavy (non-hydrogen) atoms. The lowest BCUT2D eigenvalue weighted by molar-refractivity contribution is -0.128. The normalized spacial score (nSPS) is 17.1. The molecule has 182 valence electrons. The maximum absolute atomic E-state index is 13.2. The van der Waals surface area contributed by atoms with Gasteiger partial charge in [-0.15, -0.1) is 0 Å². The fourth-order valence-corrected chi connectivity index (χ4v) is 5.99. The van der Waals surface area contributed by atoms with Gasteiger partial charge in [0.1, 0.15) is 0 Å². The number of hydrogen-bond acceptors (Lipinski definition) is 4. The average Bonchev–Trinajstić information content (AvgIpc) is 2.84. The van der Waals surface area contributed by atoms with E-state index in [1.165, 1.54) is 15.9 Å². The number of anilines is 1. The van der Waals surface area contributed by atoms with Gasteiger partial charge in [-0.25, -0.2) is 17.2 Å². The Morgan fingerprint density at radius 1 is 0.941 bits per heavy atom. The summed E-state index contributed by atoms with van der Waals surface area (Å²) in [5.41, 5.74) is 2.40. The predicted octanol–water partition coefficient (Wildman–Crippen LogP) is 3.00. The zero-order valence-corrected chi connectivity index (χ0v) is 19.5. The van der Waals surface area contributed by atoms with Gasteiger partial charge in [-0.05, 0) is 73.9 Å². The number of halogens is 2. The van der Waals surface area contributed by atoms with E-state index in [0.717, 1.165) is 43.4 Å². The first-order valence-electron chi connectivity index (χ1n) is 11.4. The predicted molar refractivity (Wildman–Crippen MR) is 123 cm³/mol. The summed E-state index contributed by atoms with van der Waals surface area (Å²) in [4.78, 5) is 24.8. The summed E-state index contributed by atoms with van der Waals surface area (Å²) in [5.74, 6) is -3.44. The molecule has 10 heteroatoms. The number of benzene rings is 2. The monoisotopic (exact) mass is 491 g/mol. The van der Waals surface area contributed by atoms with Gasteiger partial charge in [-0.1, -0.05) is 6.07 Å². The Kier molecular flexibility index (Phi) is 7.27. The number of sulfonamides is 1. The number of nitrogens with one attached hydrogen (secondary N) is 2. The van der Waals surface area contributed by atoms with Gasteiger partial charge in [-0.3, -0.25) is 9.59 Å². The molecule has 0 bridgehead atoms. The minimum Gasteiger partial charge on any atom is -0.347 e. The second kappa shape index (κ2) is 10.2. The molecule has 2 N–H and O–H groups in total. The van der Waals surface area contributed by atoms with E-state index in [1.54, 1.807) is 12.1 Å². The molecule has 0 spiro atoms. The summed E-state index contributed by atoms with van der Waals surface area (Å²) in [6.07, 6.45) is 4.76. The number of rotatable bonds is 6. The molecule has 0 unspecified atom stereocenters. The van der Waals surface area contributed by atoms with Crippen molar-refractivity contribution in [1.82, 2.24) is 9.62 Å². The van der Waals surface area contributed by atoms with Crippen LogP contribution in [0, 0.1) is 17.6 Å². The molecule has 2 aromatic rings. The Bertz CT molecular complexity index is 1190. The molecule has 1 aliphatic carbocycles. The van der Waals surface area contributed by atoms with E-state index in [0.29, 0.717) is 17.7 Å². The van der Waals surface area contributed by atoms with Crippen molar-refractivity contribution in [3.8, 4) is 0 Å². The highest BCUT2D eigenvalue weighted by atomic mass is 32.2. The van der Waals surface area contributed by atoms with Crippen molar-refractivity contribution >= 4 is 27.5 Å². The summed E-state index contributed by atoms with van der Waals surface area (Å²) in [7, 11) is -3.63. The summed E-state index contributed by atoms with van der Waals surface area (Å²) in [6, 6.07) is 8.34. The number of piperidine rings is 1. The second-order valence-corrected chi connectivity index (χ2v) is 10.6. The molecule has 1 heterocycles. The Morgan fingerprint density at radius 2 is 1.65 bits per heavy atom. The lowest BCUT2D eigenvalue weighted by atomic mass is 9.92.